The van der Waals surface area contributed by atoms with Crippen molar-refractivity contribution in [3.63, 3.8) is 0 Å². The van der Waals surface area contributed by atoms with Crippen molar-refractivity contribution in [2.45, 2.75) is 25.7 Å². The van der Waals surface area contributed by atoms with Crippen molar-refractivity contribution in [1.29, 1.82) is 0 Å². The molecule has 0 N–H and O–H groups in total. The van der Waals surface area contributed by atoms with Gasteiger partial charge in [-0.05, 0) is 18.8 Å². The molecule has 2 nitrogen and oxygen atoms in total. The number of rotatable bonds is 3. The fourth-order valence-corrected chi connectivity index (χ4v) is 1.63. The van der Waals surface area contributed by atoms with E-state index < -0.39 is 0 Å². The summed E-state index contributed by atoms with van der Waals surface area (Å²) in [5, 5.41) is 1.93. The Morgan fingerprint density at radius 3 is 2.50 bits per heavy atom. The van der Waals surface area contributed by atoms with Gasteiger partial charge in [0.05, 0.1) is 7.11 Å². The van der Waals surface area contributed by atoms with Gasteiger partial charge in [0, 0.05) is 13.6 Å². The summed E-state index contributed by atoms with van der Waals surface area (Å²) < 4.78 is 0. The Morgan fingerprint density at radius 2 is 2.00 bits per heavy atom. The molecular formula is C8H17NO. The predicted octanol–water partition coefficient (Wildman–Crippen LogP) is 1.67. The zero-order chi connectivity index (χ0) is 7.40. The zero-order valence-electron chi connectivity index (χ0n) is 6.97. The molecule has 1 rings (SSSR count). The monoisotopic (exact) mass is 143 g/mol. The molecule has 0 aromatic heterocycles. The van der Waals surface area contributed by atoms with Crippen LogP contribution in [0.15, 0.2) is 0 Å². The van der Waals surface area contributed by atoms with Gasteiger partial charge in [-0.1, -0.05) is 12.8 Å². The summed E-state index contributed by atoms with van der Waals surface area (Å²) in [6.07, 6.45) is 5.63. The first kappa shape index (κ1) is 8.02. The summed E-state index contributed by atoms with van der Waals surface area (Å²) in [5.41, 5.74) is 0. The molecule has 0 unspecified atom stereocenters. The summed E-state index contributed by atoms with van der Waals surface area (Å²) in [5.74, 6) is 0.893. The van der Waals surface area contributed by atoms with E-state index in [1.807, 2.05) is 12.1 Å². The van der Waals surface area contributed by atoms with Crippen LogP contribution < -0.4 is 0 Å². The quantitative estimate of drug-likeness (QED) is 0.557. The van der Waals surface area contributed by atoms with Crippen LogP contribution >= 0.6 is 0 Å². The van der Waals surface area contributed by atoms with E-state index in [4.69, 9.17) is 4.84 Å². The van der Waals surface area contributed by atoms with Crippen LogP contribution in [0.25, 0.3) is 0 Å². The number of hydrogen-bond acceptors (Lipinski definition) is 2. The average molecular weight is 143 g/mol. The van der Waals surface area contributed by atoms with E-state index in [2.05, 4.69) is 0 Å². The predicted molar refractivity (Wildman–Crippen MR) is 41.6 cm³/mol. The van der Waals surface area contributed by atoms with E-state index in [9.17, 15) is 0 Å². The molecule has 1 aliphatic carbocycles. The summed E-state index contributed by atoms with van der Waals surface area (Å²) >= 11 is 0. The molecule has 0 spiro atoms. The molecule has 0 atom stereocenters. The van der Waals surface area contributed by atoms with E-state index in [0.717, 1.165) is 12.5 Å². The van der Waals surface area contributed by atoms with Crippen molar-refractivity contribution in [2.75, 3.05) is 20.7 Å². The van der Waals surface area contributed by atoms with Crippen molar-refractivity contribution in [3.8, 4) is 0 Å². The third-order valence-electron chi connectivity index (χ3n) is 2.30. The maximum atomic E-state index is 5.05. The summed E-state index contributed by atoms with van der Waals surface area (Å²) in [7, 11) is 3.73. The SMILES string of the molecule is CON(C)CC1CCCC1. The lowest BCUT2D eigenvalue weighted by molar-refractivity contribution is -0.117. The van der Waals surface area contributed by atoms with Gasteiger partial charge in [-0.2, -0.15) is 5.06 Å². The molecule has 0 saturated heterocycles. The van der Waals surface area contributed by atoms with Gasteiger partial charge in [0.15, 0.2) is 0 Å². The van der Waals surface area contributed by atoms with Gasteiger partial charge >= 0.3 is 0 Å². The fraction of sp³-hybridized carbons (Fsp3) is 1.00. The first-order valence-corrected chi connectivity index (χ1v) is 4.08. The Morgan fingerprint density at radius 1 is 1.40 bits per heavy atom. The fourth-order valence-electron chi connectivity index (χ4n) is 1.63. The van der Waals surface area contributed by atoms with Crippen LogP contribution in [-0.2, 0) is 4.84 Å². The molecule has 0 amide bonds. The van der Waals surface area contributed by atoms with Crippen LogP contribution in [0.2, 0.25) is 0 Å². The van der Waals surface area contributed by atoms with Crippen LogP contribution in [0, 0.1) is 5.92 Å². The Labute approximate surface area is 63.1 Å². The van der Waals surface area contributed by atoms with Crippen molar-refractivity contribution in [1.82, 2.24) is 5.06 Å². The molecule has 0 heterocycles. The van der Waals surface area contributed by atoms with E-state index in [-0.39, 0.29) is 0 Å². The summed E-state index contributed by atoms with van der Waals surface area (Å²) in [6.45, 7) is 1.11. The van der Waals surface area contributed by atoms with Crippen LogP contribution in [0.4, 0.5) is 0 Å². The number of hydroxylamine groups is 2. The molecule has 0 radical (unpaired) electrons. The van der Waals surface area contributed by atoms with Crippen molar-refractivity contribution < 1.29 is 4.84 Å². The standard InChI is InChI=1S/C8H17NO/c1-9(10-2)7-8-5-3-4-6-8/h8H,3-7H2,1-2H3. The van der Waals surface area contributed by atoms with Gasteiger partial charge < -0.3 is 4.84 Å². The minimum Gasteiger partial charge on any atom is -0.303 e. The first-order chi connectivity index (χ1) is 4.83. The highest BCUT2D eigenvalue weighted by Gasteiger charge is 2.16. The number of nitrogens with zero attached hydrogens (tertiary/aromatic N) is 1. The van der Waals surface area contributed by atoms with E-state index in [0.29, 0.717) is 0 Å². The van der Waals surface area contributed by atoms with Gasteiger partial charge in [0.1, 0.15) is 0 Å². The average Bonchev–Trinajstić information content (AvgIpc) is 2.40. The zero-order valence-corrected chi connectivity index (χ0v) is 6.97. The molecule has 0 aromatic carbocycles. The van der Waals surface area contributed by atoms with Gasteiger partial charge in [-0.25, -0.2) is 0 Å². The molecule has 1 aliphatic rings. The normalized spacial score (nSPS) is 20.7. The molecule has 2 heteroatoms. The third kappa shape index (κ3) is 2.27. The van der Waals surface area contributed by atoms with Gasteiger partial charge in [-0.15, -0.1) is 0 Å². The van der Waals surface area contributed by atoms with Crippen molar-refractivity contribution in [2.24, 2.45) is 5.92 Å². The highest BCUT2D eigenvalue weighted by Crippen LogP contribution is 2.24. The summed E-state index contributed by atoms with van der Waals surface area (Å²) in [6, 6.07) is 0. The molecular weight excluding hydrogens is 126 g/mol. The lowest BCUT2D eigenvalue weighted by Crippen LogP contribution is -2.23. The number of hydrogen-bond donors (Lipinski definition) is 0. The van der Waals surface area contributed by atoms with Crippen molar-refractivity contribution >= 4 is 0 Å². The Bertz CT molecular complexity index is 89.3. The molecule has 0 aliphatic heterocycles. The van der Waals surface area contributed by atoms with Gasteiger partial charge in [0.25, 0.3) is 0 Å². The lowest BCUT2D eigenvalue weighted by atomic mass is 10.1. The first-order valence-electron chi connectivity index (χ1n) is 4.08. The van der Waals surface area contributed by atoms with Gasteiger partial charge in [-0.3, -0.25) is 0 Å². The molecule has 60 valence electrons. The molecule has 0 aromatic rings. The smallest absolute Gasteiger partial charge is 0.0575 e. The maximum Gasteiger partial charge on any atom is 0.0575 e. The highest BCUT2D eigenvalue weighted by atomic mass is 16.7. The van der Waals surface area contributed by atoms with Crippen LogP contribution in [0.5, 0.6) is 0 Å². The Balaban J connectivity index is 2.11. The van der Waals surface area contributed by atoms with E-state index >= 15 is 0 Å². The largest absolute Gasteiger partial charge is 0.303 e. The maximum absolute atomic E-state index is 5.05. The second-order valence-corrected chi connectivity index (χ2v) is 3.14. The Kier molecular flexibility index (Phi) is 3.16. The topological polar surface area (TPSA) is 12.5 Å². The highest BCUT2D eigenvalue weighted by molar-refractivity contribution is 4.67. The molecule has 0 bridgehead atoms. The minimum absolute atomic E-state index is 0.893. The lowest BCUT2D eigenvalue weighted by Gasteiger charge is -2.17. The van der Waals surface area contributed by atoms with Gasteiger partial charge in [0.2, 0.25) is 0 Å². The second kappa shape index (κ2) is 3.94. The van der Waals surface area contributed by atoms with Crippen molar-refractivity contribution in [3.05, 3.63) is 0 Å². The van der Waals surface area contributed by atoms with Crippen LogP contribution in [-0.4, -0.2) is 25.8 Å². The minimum atomic E-state index is 0.893. The van der Waals surface area contributed by atoms with E-state index in [1.54, 1.807) is 7.11 Å². The Hall–Kier alpha value is -0.0800. The molecule has 1 fully saturated rings. The molecule has 10 heavy (non-hydrogen) atoms. The van der Waals surface area contributed by atoms with Crippen LogP contribution in [0.3, 0.4) is 0 Å². The summed E-state index contributed by atoms with van der Waals surface area (Å²) in [4.78, 5) is 5.05. The van der Waals surface area contributed by atoms with E-state index in [1.165, 1.54) is 25.7 Å². The second-order valence-electron chi connectivity index (χ2n) is 3.14. The van der Waals surface area contributed by atoms with Crippen LogP contribution in [0.1, 0.15) is 25.7 Å². The molecule has 1 saturated carbocycles. The third-order valence-corrected chi connectivity index (χ3v) is 2.30.